The van der Waals surface area contributed by atoms with Crippen LogP contribution >= 0.6 is 0 Å². The van der Waals surface area contributed by atoms with Crippen LogP contribution in [0.2, 0.25) is 0 Å². The van der Waals surface area contributed by atoms with E-state index in [1.807, 2.05) is 6.07 Å². The molecule has 0 atom stereocenters. The molecule has 0 fully saturated rings. The monoisotopic (exact) mass is 283 g/mol. The minimum Gasteiger partial charge on any atom is -0.381 e. The molecule has 0 amide bonds. The Morgan fingerprint density at radius 1 is 1.24 bits per heavy atom. The summed E-state index contributed by atoms with van der Waals surface area (Å²) in [6, 6.07) is 11.5. The van der Waals surface area contributed by atoms with Crippen LogP contribution in [-0.4, -0.2) is 4.92 Å². The lowest BCUT2D eigenvalue weighted by Crippen LogP contribution is -2.03. The molecule has 1 aliphatic rings. The Hall–Kier alpha value is -2.40. The van der Waals surface area contributed by atoms with Gasteiger partial charge in [0.2, 0.25) is 0 Å². The molecular formula is C16H17N3O2. The number of anilines is 1. The Morgan fingerprint density at radius 2 is 2.05 bits per heavy atom. The van der Waals surface area contributed by atoms with Gasteiger partial charge in [-0.1, -0.05) is 24.3 Å². The van der Waals surface area contributed by atoms with Crippen molar-refractivity contribution < 1.29 is 4.92 Å². The van der Waals surface area contributed by atoms with Gasteiger partial charge in [-0.3, -0.25) is 10.1 Å². The second-order valence-corrected chi connectivity index (χ2v) is 5.27. The molecule has 1 aliphatic heterocycles. The molecule has 108 valence electrons. The second kappa shape index (κ2) is 5.54. The molecule has 0 saturated heterocycles. The van der Waals surface area contributed by atoms with Crippen LogP contribution < -0.4 is 10.6 Å². The van der Waals surface area contributed by atoms with Crippen LogP contribution in [0.1, 0.15) is 22.3 Å². The fourth-order valence-corrected chi connectivity index (χ4v) is 2.67. The molecule has 0 aliphatic carbocycles. The molecule has 0 bridgehead atoms. The quantitative estimate of drug-likeness (QED) is 0.668. The van der Waals surface area contributed by atoms with Gasteiger partial charge in [-0.05, 0) is 29.7 Å². The number of benzene rings is 2. The zero-order valence-corrected chi connectivity index (χ0v) is 11.8. The van der Waals surface area contributed by atoms with Gasteiger partial charge in [-0.25, -0.2) is 0 Å². The average Bonchev–Trinajstić information content (AvgIpc) is 2.93. The molecule has 0 aromatic heterocycles. The van der Waals surface area contributed by atoms with Gasteiger partial charge in [-0.15, -0.1) is 0 Å². The number of nitro benzene ring substituents is 1. The Kier molecular flexibility index (Phi) is 3.58. The maximum absolute atomic E-state index is 10.9. The highest BCUT2D eigenvalue weighted by Gasteiger charge is 2.13. The fraction of sp³-hybridized carbons (Fsp3) is 0.250. The molecule has 21 heavy (non-hydrogen) atoms. The smallest absolute Gasteiger partial charge is 0.274 e. The molecule has 5 heteroatoms. The molecule has 0 spiro atoms. The first-order chi connectivity index (χ1) is 10.1. The van der Waals surface area contributed by atoms with Gasteiger partial charge >= 0.3 is 0 Å². The zero-order valence-electron chi connectivity index (χ0n) is 11.8. The van der Waals surface area contributed by atoms with Gasteiger partial charge in [0.1, 0.15) is 0 Å². The maximum atomic E-state index is 10.9. The Bertz CT molecular complexity index is 698. The molecule has 3 rings (SSSR count). The number of nitrogens with one attached hydrogen (secondary N) is 2. The summed E-state index contributed by atoms with van der Waals surface area (Å²) in [5.41, 5.74) is 5.50. The van der Waals surface area contributed by atoms with E-state index in [0.29, 0.717) is 12.1 Å². The van der Waals surface area contributed by atoms with Gasteiger partial charge in [0.05, 0.1) is 4.92 Å². The summed E-state index contributed by atoms with van der Waals surface area (Å²) in [7, 11) is 0. The summed E-state index contributed by atoms with van der Waals surface area (Å²) in [6.07, 6.45) is 0. The highest BCUT2D eigenvalue weighted by molar-refractivity contribution is 5.59. The summed E-state index contributed by atoms with van der Waals surface area (Å²) >= 11 is 0. The van der Waals surface area contributed by atoms with Crippen LogP contribution in [0, 0.1) is 17.0 Å². The third-order valence-electron chi connectivity index (χ3n) is 3.89. The van der Waals surface area contributed by atoms with Gasteiger partial charge < -0.3 is 10.6 Å². The second-order valence-electron chi connectivity index (χ2n) is 5.27. The number of fused-ring (bicyclic) bond motifs is 1. The highest BCUT2D eigenvalue weighted by atomic mass is 16.6. The maximum Gasteiger partial charge on any atom is 0.274 e. The van der Waals surface area contributed by atoms with Crippen LogP contribution in [0.3, 0.4) is 0 Å². The van der Waals surface area contributed by atoms with E-state index in [-0.39, 0.29) is 10.6 Å². The Balaban J connectivity index is 1.76. The van der Waals surface area contributed by atoms with E-state index < -0.39 is 0 Å². The van der Waals surface area contributed by atoms with Crippen molar-refractivity contribution in [2.45, 2.75) is 26.6 Å². The minimum atomic E-state index is -0.346. The number of hydrogen-bond acceptors (Lipinski definition) is 4. The van der Waals surface area contributed by atoms with Gasteiger partial charge in [0, 0.05) is 37.0 Å². The van der Waals surface area contributed by atoms with Crippen molar-refractivity contribution in [1.29, 1.82) is 0 Å². The molecule has 0 radical (unpaired) electrons. The molecule has 0 unspecified atom stereocenters. The van der Waals surface area contributed by atoms with Crippen LogP contribution in [0.4, 0.5) is 11.4 Å². The summed E-state index contributed by atoms with van der Waals surface area (Å²) in [5, 5.41) is 17.6. The standard InChI is InChI=1S/C16H17N3O2/c1-11-15(3-2-4-16(11)19(20)21)18-8-12-5-6-13-9-17-10-14(13)7-12/h2-7,17-18H,8-10H2,1H3. The van der Waals surface area contributed by atoms with Crippen LogP contribution in [-0.2, 0) is 19.6 Å². The van der Waals surface area contributed by atoms with E-state index >= 15 is 0 Å². The van der Waals surface area contributed by atoms with Crippen LogP contribution in [0.5, 0.6) is 0 Å². The Labute approximate surface area is 123 Å². The molecular weight excluding hydrogens is 266 g/mol. The number of nitro groups is 1. The van der Waals surface area contributed by atoms with Gasteiger partial charge in [0.15, 0.2) is 0 Å². The first-order valence-electron chi connectivity index (χ1n) is 6.94. The SMILES string of the molecule is Cc1c(NCc2ccc3c(c2)CNC3)cccc1[N+](=O)[O-]. The molecule has 2 aromatic rings. The zero-order chi connectivity index (χ0) is 14.8. The Morgan fingerprint density at radius 3 is 2.86 bits per heavy atom. The largest absolute Gasteiger partial charge is 0.381 e. The van der Waals surface area contributed by atoms with Crippen molar-refractivity contribution >= 4 is 11.4 Å². The van der Waals surface area contributed by atoms with E-state index in [1.165, 1.54) is 22.8 Å². The normalized spacial score (nSPS) is 13.0. The van der Waals surface area contributed by atoms with E-state index in [1.54, 1.807) is 13.0 Å². The van der Waals surface area contributed by atoms with Crippen molar-refractivity contribution in [3.63, 3.8) is 0 Å². The number of nitrogens with zero attached hydrogens (tertiary/aromatic N) is 1. The summed E-state index contributed by atoms with van der Waals surface area (Å²) < 4.78 is 0. The van der Waals surface area contributed by atoms with E-state index in [0.717, 1.165) is 18.8 Å². The molecule has 0 saturated carbocycles. The molecule has 2 N–H and O–H groups in total. The topological polar surface area (TPSA) is 67.2 Å². The first-order valence-corrected chi connectivity index (χ1v) is 6.94. The highest BCUT2D eigenvalue weighted by Crippen LogP contribution is 2.26. The van der Waals surface area contributed by atoms with Crippen molar-refractivity contribution in [2.75, 3.05) is 5.32 Å². The van der Waals surface area contributed by atoms with Crippen molar-refractivity contribution in [1.82, 2.24) is 5.32 Å². The summed E-state index contributed by atoms with van der Waals surface area (Å²) in [4.78, 5) is 10.6. The summed E-state index contributed by atoms with van der Waals surface area (Å²) in [6.45, 7) is 4.29. The van der Waals surface area contributed by atoms with Crippen LogP contribution in [0.25, 0.3) is 0 Å². The fourth-order valence-electron chi connectivity index (χ4n) is 2.67. The molecule has 5 nitrogen and oxygen atoms in total. The third kappa shape index (κ3) is 2.73. The summed E-state index contributed by atoms with van der Waals surface area (Å²) in [5.74, 6) is 0. The minimum absolute atomic E-state index is 0.151. The van der Waals surface area contributed by atoms with Gasteiger partial charge in [-0.2, -0.15) is 0 Å². The van der Waals surface area contributed by atoms with Gasteiger partial charge in [0.25, 0.3) is 5.69 Å². The first kappa shape index (κ1) is 13.6. The lowest BCUT2D eigenvalue weighted by Gasteiger charge is -2.10. The predicted octanol–water partition coefficient (Wildman–Crippen LogP) is 3.12. The lowest BCUT2D eigenvalue weighted by molar-refractivity contribution is -0.385. The van der Waals surface area contributed by atoms with E-state index in [2.05, 4.69) is 28.8 Å². The molecule has 2 aromatic carbocycles. The van der Waals surface area contributed by atoms with Crippen molar-refractivity contribution in [3.8, 4) is 0 Å². The van der Waals surface area contributed by atoms with E-state index in [9.17, 15) is 10.1 Å². The lowest BCUT2D eigenvalue weighted by atomic mass is 10.1. The number of rotatable bonds is 4. The van der Waals surface area contributed by atoms with Crippen LogP contribution in [0.15, 0.2) is 36.4 Å². The van der Waals surface area contributed by atoms with E-state index in [4.69, 9.17) is 0 Å². The average molecular weight is 283 g/mol. The molecule has 1 heterocycles. The third-order valence-corrected chi connectivity index (χ3v) is 3.89. The predicted molar refractivity (Wildman–Crippen MR) is 82.1 cm³/mol. The van der Waals surface area contributed by atoms with Crippen molar-refractivity contribution in [2.24, 2.45) is 0 Å². The number of hydrogen-bond donors (Lipinski definition) is 2. The van der Waals surface area contributed by atoms with Crippen molar-refractivity contribution in [3.05, 3.63) is 68.8 Å².